The molecule has 0 aliphatic rings. The second kappa shape index (κ2) is 9.36. The number of hydrogen-bond acceptors (Lipinski definition) is 6. The minimum atomic E-state index is -0.747. The molecule has 28 heavy (non-hydrogen) atoms. The van der Waals surface area contributed by atoms with E-state index in [0.29, 0.717) is 6.54 Å². The fraction of sp³-hybridized carbons (Fsp3) is 0.263. The molecule has 0 aromatic heterocycles. The Hall–Kier alpha value is -3.62. The van der Waals surface area contributed by atoms with E-state index in [-0.39, 0.29) is 34.2 Å². The van der Waals surface area contributed by atoms with Gasteiger partial charge in [-0.1, -0.05) is 19.1 Å². The van der Waals surface area contributed by atoms with Crippen LogP contribution in [0.4, 0.5) is 11.4 Å². The van der Waals surface area contributed by atoms with E-state index in [1.165, 1.54) is 20.3 Å². The number of amides is 2. The highest BCUT2D eigenvalue weighted by atomic mass is 16.6. The number of ether oxygens (including phenoxy) is 2. The number of carbonyl (C=O) groups excluding carboxylic acids is 2. The van der Waals surface area contributed by atoms with E-state index in [4.69, 9.17) is 9.47 Å². The van der Waals surface area contributed by atoms with Crippen LogP contribution in [0.1, 0.15) is 34.1 Å². The molecule has 2 N–H and O–H groups in total. The van der Waals surface area contributed by atoms with Crippen molar-refractivity contribution in [2.24, 2.45) is 0 Å². The van der Waals surface area contributed by atoms with Crippen molar-refractivity contribution < 1.29 is 24.0 Å². The van der Waals surface area contributed by atoms with E-state index < -0.39 is 16.5 Å². The predicted octanol–water partition coefficient (Wildman–Crippen LogP) is 3.00. The Bertz CT molecular complexity index is 897. The lowest BCUT2D eigenvalue weighted by molar-refractivity contribution is -0.385. The second-order valence-electron chi connectivity index (χ2n) is 5.74. The van der Waals surface area contributed by atoms with Gasteiger partial charge in [0.05, 0.1) is 36.5 Å². The Balaban J connectivity index is 2.41. The third-order valence-corrected chi connectivity index (χ3v) is 3.90. The molecular formula is C19H21N3O6. The van der Waals surface area contributed by atoms with Gasteiger partial charge >= 0.3 is 0 Å². The molecule has 0 radical (unpaired) electrons. The monoisotopic (exact) mass is 387 g/mol. The molecule has 0 fully saturated rings. The van der Waals surface area contributed by atoms with E-state index in [1.54, 1.807) is 24.3 Å². The maximum absolute atomic E-state index is 12.8. The number of nitrogens with zero attached hydrogens (tertiary/aromatic N) is 1. The summed E-state index contributed by atoms with van der Waals surface area (Å²) in [4.78, 5) is 35.8. The molecule has 0 saturated carbocycles. The Kier molecular flexibility index (Phi) is 6.91. The van der Waals surface area contributed by atoms with Gasteiger partial charge in [0.15, 0.2) is 11.5 Å². The zero-order chi connectivity index (χ0) is 20.7. The first-order valence-electron chi connectivity index (χ1n) is 8.51. The first-order valence-corrected chi connectivity index (χ1v) is 8.51. The maximum Gasteiger partial charge on any atom is 0.286 e. The molecule has 2 rings (SSSR count). The summed E-state index contributed by atoms with van der Waals surface area (Å²) < 4.78 is 10.2. The number of nitro benzene ring substituents is 1. The number of para-hydroxylation sites is 1. The summed E-state index contributed by atoms with van der Waals surface area (Å²) in [7, 11) is 2.70. The van der Waals surface area contributed by atoms with Crippen LogP contribution in [0.25, 0.3) is 0 Å². The van der Waals surface area contributed by atoms with Crippen molar-refractivity contribution >= 4 is 23.2 Å². The number of hydrogen-bond donors (Lipinski definition) is 2. The second-order valence-corrected chi connectivity index (χ2v) is 5.74. The highest BCUT2D eigenvalue weighted by molar-refractivity contribution is 6.11. The summed E-state index contributed by atoms with van der Waals surface area (Å²) in [5.74, 6) is -0.791. The van der Waals surface area contributed by atoms with Gasteiger partial charge in [-0.05, 0) is 18.6 Å². The van der Waals surface area contributed by atoms with Crippen molar-refractivity contribution in [3.05, 3.63) is 57.6 Å². The molecule has 0 aliphatic heterocycles. The van der Waals surface area contributed by atoms with E-state index in [2.05, 4.69) is 10.6 Å². The van der Waals surface area contributed by atoms with E-state index >= 15 is 0 Å². The third kappa shape index (κ3) is 4.56. The van der Waals surface area contributed by atoms with Crippen LogP contribution in [0.2, 0.25) is 0 Å². The van der Waals surface area contributed by atoms with Crippen molar-refractivity contribution in [1.82, 2.24) is 5.32 Å². The quantitative estimate of drug-likeness (QED) is 0.531. The van der Waals surface area contributed by atoms with Gasteiger partial charge in [0, 0.05) is 12.6 Å². The molecular weight excluding hydrogens is 366 g/mol. The molecule has 148 valence electrons. The van der Waals surface area contributed by atoms with Gasteiger partial charge in [-0.15, -0.1) is 0 Å². The normalized spacial score (nSPS) is 10.1. The lowest BCUT2D eigenvalue weighted by Crippen LogP contribution is -2.26. The third-order valence-electron chi connectivity index (χ3n) is 3.90. The van der Waals surface area contributed by atoms with E-state index in [1.807, 2.05) is 6.92 Å². The molecule has 0 saturated heterocycles. The number of rotatable bonds is 8. The average molecular weight is 387 g/mol. The topological polar surface area (TPSA) is 120 Å². The van der Waals surface area contributed by atoms with Gasteiger partial charge in [-0.3, -0.25) is 19.7 Å². The minimum Gasteiger partial charge on any atom is -0.493 e. The van der Waals surface area contributed by atoms with Crippen molar-refractivity contribution in [2.45, 2.75) is 13.3 Å². The molecule has 0 unspecified atom stereocenters. The fourth-order valence-electron chi connectivity index (χ4n) is 2.51. The highest BCUT2D eigenvalue weighted by Gasteiger charge is 2.25. The van der Waals surface area contributed by atoms with Crippen LogP contribution in [0, 0.1) is 10.1 Å². The molecule has 2 aromatic carbocycles. The number of nitrogens with one attached hydrogen (secondary N) is 2. The Labute approximate surface area is 161 Å². The first-order chi connectivity index (χ1) is 13.4. The molecule has 0 bridgehead atoms. The maximum atomic E-state index is 12.8. The van der Waals surface area contributed by atoms with Crippen LogP contribution in [-0.2, 0) is 0 Å². The molecule has 0 spiro atoms. The van der Waals surface area contributed by atoms with Crippen molar-refractivity contribution in [2.75, 3.05) is 26.1 Å². The Morgan fingerprint density at radius 2 is 1.68 bits per heavy atom. The van der Waals surface area contributed by atoms with Crippen molar-refractivity contribution in [3.63, 3.8) is 0 Å². The van der Waals surface area contributed by atoms with Gasteiger partial charge in [0.2, 0.25) is 0 Å². The minimum absolute atomic E-state index is 0.130. The van der Waals surface area contributed by atoms with E-state index in [9.17, 15) is 19.7 Å². The van der Waals surface area contributed by atoms with Crippen LogP contribution in [0.3, 0.4) is 0 Å². The standard InChI is InChI=1S/C19H21N3O6/c1-4-9-20-18(23)12-7-5-6-8-14(12)21-19(24)13-10-16(27-2)17(28-3)11-15(13)22(25)26/h5-8,10-11H,4,9H2,1-3H3,(H,20,23)(H,21,24). The molecule has 2 aromatic rings. The van der Waals surface area contributed by atoms with Crippen LogP contribution in [0.5, 0.6) is 11.5 Å². The van der Waals surface area contributed by atoms with Gasteiger partial charge in [-0.2, -0.15) is 0 Å². The van der Waals surface area contributed by atoms with Crippen LogP contribution in [0.15, 0.2) is 36.4 Å². The zero-order valence-electron chi connectivity index (χ0n) is 15.8. The van der Waals surface area contributed by atoms with Crippen LogP contribution in [-0.4, -0.2) is 37.5 Å². The van der Waals surface area contributed by atoms with Crippen LogP contribution < -0.4 is 20.1 Å². The number of methoxy groups -OCH3 is 2. The number of nitro groups is 1. The van der Waals surface area contributed by atoms with Crippen molar-refractivity contribution in [1.29, 1.82) is 0 Å². The van der Waals surface area contributed by atoms with E-state index in [0.717, 1.165) is 12.5 Å². The van der Waals surface area contributed by atoms with Gasteiger partial charge in [0.1, 0.15) is 5.56 Å². The number of anilines is 1. The van der Waals surface area contributed by atoms with Gasteiger partial charge in [-0.25, -0.2) is 0 Å². The summed E-state index contributed by atoms with van der Waals surface area (Å²) in [6, 6.07) is 8.76. The predicted molar refractivity (Wildman–Crippen MR) is 103 cm³/mol. The zero-order valence-corrected chi connectivity index (χ0v) is 15.8. The average Bonchev–Trinajstić information content (AvgIpc) is 2.71. The molecule has 0 heterocycles. The lowest BCUT2D eigenvalue weighted by Gasteiger charge is -2.13. The van der Waals surface area contributed by atoms with Gasteiger partial charge in [0.25, 0.3) is 17.5 Å². The number of carbonyl (C=O) groups is 2. The Morgan fingerprint density at radius 1 is 1.04 bits per heavy atom. The highest BCUT2D eigenvalue weighted by Crippen LogP contribution is 2.35. The molecule has 2 amide bonds. The molecule has 0 aliphatic carbocycles. The Morgan fingerprint density at radius 3 is 2.29 bits per heavy atom. The fourth-order valence-corrected chi connectivity index (χ4v) is 2.51. The van der Waals surface area contributed by atoms with Gasteiger partial charge < -0.3 is 20.1 Å². The lowest BCUT2D eigenvalue weighted by atomic mass is 10.1. The van der Waals surface area contributed by atoms with Crippen LogP contribution >= 0.6 is 0 Å². The molecule has 9 nitrogen and oxygen atoms in total. The SMILES string of the molecule is CCCNC(=O)c1ccccc1NC(=O)c1cc(OC)c(OC)cc1[N+](=O)[O-]. The summed E-state index contributed by atoms with van der Waals surface area (Å²) >= 11 is 0. The first kappa shape index (κ1) is 20.7. The largest absolute Gasteiger partial charge is 0.493 e. The summed E-state index contributed by atoms with van der Waals surface area (Å²) in [6.45, 7) is 2.41. The van der Waals surface area contributed by atoms with Crippen molar-refractivity contribution in [3.8, 4) is 11.5 Å². The molecule has 9 heteroatoms. The summed E-state index contributed by atoms with van der Waals surface area (Å²) in [6.07, 6.45) is 0.762. The summed E-state index contributed by atoms with van der Waals surface area (Å²) in [5, 5.41) is 16.7. The molecule has 0 atom stereocenters. The smallest absolute Gasteiger partial charge is 0.286 e. The number of benzene rings is 2. The summed E-state index contributed by atoms with van der Waals surface area (Å²) in [5.41, 5.74) is -0.160.